The number of carbonyl (C=O) groups excluding carboxylic acids is 2. The van der Waals surface area contributed by atoms with Gasteiger partial charge in [-0.05, 0) is 48.0 Å². The van der Waals surface area contributed by atoms with E-state index in [4.69, 9.17) is 43.8 Å². The van der Waals surface area contributed by atoms with Gasteiger partial charge in [-0.25, -0.2) is 37.8 Å². The number of hydrogen-bond donors (Lipinski definition) is 3. The lowest BCUT2D eigenvalue weighted by molar-refractivity contribution is -0.151. The zero-order valence-corrected chi connectivity index (χ0v) is 37.0. The molecule has 0 spiro atoms. The zero-order valence-electron chi connectivity index (χ0n) is 33.5. The Morgan fingerprint density at radius 2 is 1.44 bits per heavy atom. The number of imidazole rings is 2. The number of nitrogen functional groups attached to an aromatic ring is 2. The molecule has 3 aliphatic rings. The molecule has 22 nitrogen and oxygen atoms in total. The molecule has 28 heteroatoms. The van der Waals surface area contributed by atoms with Crippen LogP contribution in [0.1, 0.15) is 60.2 Å². The van der Waals surface area contributed by atoms with Gasteiger partial charge in [0.1, 0.15) is 48.2 Å². The van der Waals surface area contributed by atoms with E-state index in [1.807, 2.05) is 0 Å². The highest BCUT2D eigenvalue weighted by Gasteiger charge is 2.55. The molecule has 6 heterocycles. The van der Waals surface area contributed by atoms with Crippen molar-refractivity contribution in [2.24, 2.45) is 16.7 Å². The third kappa shape index (κ3) is 9.47. The van der Waals surface area contributed by atoms with Crippen LogP contribution in [0.5, 0.6) is 0 Å². The molecule has 3 fully saturated rings. The molecule has 0 amide bonds. The van der Waals surface area contributed by atoms with E-state index in [9.17, 15) is 23.5 Å². The van der Waals surface area contributed by atoms with E-state index in [0.29, 0.717) is 22.8 Å². The molecule has 2 aliphatic heterocycles. The number of nitrogens with zero attached hydrogens (tertiary/aromatic N) is 7. The molecule has 0 bridgehead atoms. The van der Waals surface area contributed by atoms with Crippen molar-refractivity contribution in [2.45, 2.75) is 90.9 Å². The molecular weight excluding hydrogens is 892 g/mol. The number of rotatable bonds is 8. The summed E-state index contributed by atoms with van der Waals surface area (Å²) in [6, 6.07) is -1.10. The van der Waals surface area contributed by atoms with Crippen LogP contribution in [0.25, 0.3) is 22.3 Å². The highest BCUT2D eigenvalue weighted by atomic mass is 32.7. The summed E-state index contributed by atoms with van der Waals surface area (Å²) < 4.78 is 107. The summed E-state index contributed by atoms with van der Waals surface area (Å²) in [5.41, 5.74) is 9.15. The maximum atomic E-state index is 17.0. The van der Waals surface area contributed by atoms with Crippen molar-refractivity contribution in [3.8, 4) is 0 Å². The minimum atomic E-state index is -4.64. The van der Waals surface area contributed by atoms with Gasteiger partial charge in [0.25, 0.3) is 5.56 Å². The fourth-order valence-electron chi connectivity index (χ4n) is 6.62. The largest absolute Gasteiger partial charge is 0.454 e. The number of aromatic amines is 1. The van der Waals surface area contributed by atoms with Crippen molar-refractivity contribution in [2.75, 3.05) is 36.6 Å². The predicted octanol–water partition coefficient (Wildman–Crippen LogP) is 4.85. The summed E-state index contributed by atoms with van der Waals surface area (Å²) in [4.78, 5) is 60.7. The monoisotopic (exact) mass is 936 g/mol. The van der Waals surface area contributed by atoms with Crippen molar-refractivity contribution >= 4 is 82.4 Å². The van der Waals surface area contributed by atoms with E-state index < -0.39 is 116 Å². The van der Waals surface area contributed by atoms with Gasteiger partial charge < -0.3 is 34.8 Å². The van der Waals surface area contributed by atoms with E-state index >= 15 is 8.78 Å². The van der Waals surface area contributed by atoms with Crippen LogP contribution in [0, 0.1) is 16.7 Å². The van der Waals surface area contributed by atoms with Gasteiger partial charge in [0.2, 0.25) is 5.95 Å². The molecular formula is C33H44F2N10O12P2S2. The number of H-pyrrole nitrogens is 1. The first-order valence-electron chi connectivity index (χ1n) is 18.7. The fraction of sp³-hybridized carbons (Fsp3) is 0.636. The Morgan fingerprint density at radius 3 is 2.08 bits per heavy atom. The molecule has 7 rings (SSSR count). The Labute approximate surface area is 353 Å². The number of nitrogens with one attached hydrogen (secondary N) is 1. The van der Waals surface area contributed by atoms with Crippen LogP contribution in [0.3, 0.4) is 0 Å². The molecule has 0 radical (unpaired) electrons. The second-order valence-electron chi connectivity index (χ2n) is 16.4. The lowest BCUT2D eigenvalue weighted by Crippen LogP contribution is -2.35. The molecule has 61 heavy (non-hydrogen) atoms. The Hall–Kier alpha value is -3.74. The molecule has 10 atom stereocenters. The molecule has 2 saturated heterocycles. The van der Waals surface area contributed by atoms with Gasteiger partial charge in [0, 0.05) is 28.7 Å². The molecule has 1 saturated carbocycles. The van der Waals surface area contributed by atoms with Gasteiger partial charge in [0.05, 0.1) is 42.7 Å². The van der Waals surface area contributed by atoms with Crippen molar-refractivity contribution in [3.63, 3.8) is 0 Å². The average molecular weight is 937 g/mol. The Kier molecular flexibility index (Phi) is 12.7. The van der Waals surface area contributed by atoms with E-state index in [1.165, 1.54) is 17.2 Å². The third-order valence-electron chi connectivity index (χ3n) is 9.80. The smallest absolute Gasteiger partial charge is 0.392 e. The molecule has 10 unspecified atom stereocenters. The number of esters is 2. The topological polar surface area (TPSA) is 292 Å². The Morgan fingerprint density at radius 1 is 0.852 bits per heavy atom. The van der Waals surface area contributed by atoms with Gasteiger partial charge in [0.15, 0.2) is 35.0 Å². The van der Waals surface area contributed by atoms with E-state index in [0.717, 1.165) is 10.9 Å². The minimum Gasteiger partial charge on any atom is -0.454 e. The maximum absolute atomic E-state index is 17.0. The predicted molar refractivity (Wildman–Crippen MR) is 216 cm³/mol. The summed E-state index contributed by atoms with van der Waals surface area (Å²) in [6.07, 6.45) is -7.46. The lowest BCUT2D eigenvalue weighted by atomic mass is 9.98. The van der Waals surface area contributed by atoms with E-state index in [-0.39, 0.29) is 40.5 Å². The number of anilines is 2. The standard InChI is InChI=1S/C33H44F2N10O12P2S2/c1-32(2,3)29(47)51-13-60-58(49)53-8-15-7-16(44-11-40-20-24(36)38-10-39-25(20)44)18(34)22(15)56-59(50,61-14-52-30(48)33(4,5)6)54-9-17-23(57-58)19(35)28(55-17)45-12-41-21-26(45)42-31(37)43-27(21)46/h10-12,15-19,22-23,28H,7-9,13-14H2,1-6H3,(H2,36,38,39)(H3,37,42,43,46). The van der Waals surface area contributed by atoms with Crippen molar-refractivity contribution in [1.29, 1.82) is 0 Å². The number of aromatic nitrogens is 8. The van der Waals surface area contributed by atoms with E-state index in [2.05, 4.69) is 29.9 Å². The van der Waals surface area contributed by atoms with Crippen LogP contribution in [-0.4, -0.2) is 107 Å². The highest BCUT2D eigenvalue weighted by Crippen LogP contribution is 2.67. The van der Waals surface area contributed by atoms with Gasteiger partial charge in [-0.15, -0.1) is 0 Å². The maximum Gasteiger partial charge on any atom is 0.392 e. The Balaban J connectivity index is 1.25. The summed E-state index contributed by atoms with van der Waals surface area (Å²) >= 11 is 0.859. The van der Waals surface area contributed by atoms with E-state index in [1.54, 1.807) is 41.5 Å². The molecule has 5 N–H and O–H groups in total. The fourth-order valence-corrected chi connectivity index (χ4v) is 12.3. The number of fused-ring (bicyclic) bond motifs is 4. The average Bonchev–Trinajstić information content (AvgIpc) is 3.94. The van der Waals surface area contributed by atoms with Crippen LogP contribution >= 0.6 is 36.4 Å². The summed E-state index contributed by atoms with van der Waals surface area (Å²) in [5, 5.41) is 0. The second kappa shape index (κ2) is 17.1. The number of ether oxygens (including phenoxy) is 3. The van der Waals surface area contributed by atoms with Crippen LogP contribution in [-0.2, 0) is 51.0 Å². The summed E-state index contributed by atoms with van der Waals surface area (Å²) in [6.45, 7) is -1.02. The molecule has 334 valence electrons. The lowest BCUT2D eigenvalue weighted by Gasteiger charge is -2.31. The van der Waals surface area contributed by atoms with Crippen molar-refractivity contribution in [3.05, 3.63) is 29.3 Å². The number of alkyl halides is 2. The van der Waals surface area contributed by atoms with Crippen molar-refractivity contribution in [1.82, 2.24) is 39.0 Å². The first-order valence-corrected chi connectivity index (χ1v) is 24.9. The molecule has 1 aliphatic carbocycles. The minimum absolute atomic E-state index is 0.0426. The number of halogens is 2. The third-order valence-corrected chi connectivity index (χ3v) is 16.5. The molecule has 4 aromatic heterocycles. The van der Waals surface area contributed by atoms with Gasteiger partial charge >= 0.3 is 25.5 Å². The first kappa shape index (κ1) is 45.3. The number of nitrogens with two attached hydrogens (primary N) is 2. The molecule has 4 aromatic rings. The summed E-state index contributed by atoms with van der Waals surface area (Å²) in [5.74, 6) is -3.76. The van der Waals surface area contributed by atoms with Crippen LogP contribution in [0.15, 0.2) is 23.8 Å². The quantitative estimate of drug-likeness (QED) is 0.121. The highest BCUT2D eigenvalue weighted by molar-refractivity contribution is 8.55. The second-order valence-corrected chi connectivity index (χ2v) is 24.3. The van der Waals surface area contributed by atoms with Crippen LogP contribution < -0.4 is 17.0 Å². The van der Waals surface area contributed by atoms with Crippen molar-refractivity contribution < 1.29 is 59.8 Å². The Bertz CT molecular complexity index is 2470. The van der Waals surface area contributed by atoms with Gasteiger partial charge in [-0.1, -0.05) is 0 Å². The SMILES string of the molecule is CC(C)(C)C(=O)OCSP1(=O)OCC2OC(n3cnc4c(=O)[nH]c(N)nc43)C(F)C2OP(=O)(SCOC(=O)C(C)(C)C)OCC2CC(n3cnc4c(N)ncnc43)C(F)C2O1. The van der Waals surface area contributed by atoms with Gasteiger partial charge in [-0.2, -0.15) is 4.98 Å². The zero-order chi connectivity index (χ0) is 44.2. The normalized spacial score (nSPS) is 31.3. The van der Waals surface area contributed by atoms with Crippen LogP contribution in [0.4, 0.5) is 20.5 Å². The number of carbonyl (C=O) groups is 2. The molecule has 0 aromatic carbocycles. The first-order chi connectivity index (χ1) is 28.6. The van der Waals surface area contributed by atoms with Crippen LogP contribution in [0.2, 0.25) is 0 Å². The summed E-state index contributed by atoms with van der Waals surface area (Å²) in [7, 11) is 0. The van der Waals surface area contributed by atoms with Gasteiger partial charge in [-0.3, -0.25) is 37.5 Å². The number of hydrogen-bond acceptors (Lipinski definition) is 21.